The van der Waals surface area contributed by atoms with Crippen LogP contribution in [0.5, 0.6) is 0 Å². The first-order chi connectivity index (χ1) is 14.7. The SMILES string of the molecule is O=C(NC1CCCC1)C1c2ccccc2C(=O)N(Cc2ccccc2)C12CCCC2. The van der Waals surface area contributed by atoms with Crippen LogP contribution in [-0.4, -0.2) is 28.3 Å². The van der Waals surface area contributed by atoms with Crippen molar-refractivity contribution in [1.29, 1.82) is 0 Å². The number of hydrogen-bond donors (Lipinski definition) is 1. The lowest BCUT2D eigenvalue weighted by atomic mass is 9.70. The van der Waals surface area contributed by atoms with Gasteiger partial charge in [-0.1, -0.05) is 74.2 Å². The van der Waals surface area contributed by atoms with Crippen molar-refractivity contribution in [3.05, 3.63) is 71.3 Å². The molecule has 4 nitrogen and oxygen atoms in total. The largest absolute Gasteiger partial charge is 0.353 e. The topological polar surface area (TPSA) is 49.4 Å². The Labute approximate surface area is 178 Å². The van der Waals surface area contributed by atoms with Crippen molar-refractivity contribution in [3.8, 4) is 0 Å². The highest BCUT2D eigenvalue weighted by Crippen LogP contribution is 2.51. The first kappa shape index (κ1) is 19.3. The third-order valence-electron chi connectivity index (χ3n) is 7.44. The average Bonchev–Trinajstić information content (AvgIpc) is 3.45. The Bertz CT molecular complexity index is 927. The molecule has 2 saturated carbocycles. The lowest BCUT2D eigenvalue weighted by Gasteiger charge is -2.50. The monoisotopic (exact) mass is 402 g/mol. The van der Waals surface area contributed by atoms with Crippen LogP contribution < -0.4 is 5.32 Å². The van der Waals surface area contributed by atoms with E-state index < -0.39 is 5.54 Å². The van der Waals surface area contributed by atoms with Crippen LogP contribution in [0.4, 0.5) is 0 Å². The summed E-state index contributed by atoms with van der Waals surface area (Å²) in [6.07, 6.45) is 8.43. The second kappa shape index (κ2) is 7.90. The molecule has 0 radical (unpaired) electrons. The number of fused-ring (bicyclic) bond motifs is 1. The summed E-state index contributed by atoms with van der Waals surface area (Å²) in [4.78, 5) is 29.5. The molecular weight excluding hydrogens is 372 g/mol. The summed E-state index contributed by atoms with van der Waals surface area (Å²) in [6, 6.07) is 18.2. The number of carbonyl (C=O) groups is 2. The van der Waals surface area contributed by atoms with E-state index in [9.17, 15) is 9.59 Å². The quantitative estimate of drug-likeness (QED) is 0.799. The van der Waals surface area contributed by atoms with Crippen molar-refractivity contribution in [2.45, 2.75) is 75.4 Å². The molecule has 1 heterocycles. The molecule has 4 heteroatoms. The molecule has 1 N–H and O–H groups in total. The van der Waals surface area contributed by atoms with Crippen LogP contribution >= 0.6 is 0 Å². The van der Waals surface area contributed by atoms with E-state index in [0.717, 1.165) is 49.7 Å². The summed E-state index contributed by atoms with van der Waals surface area (Å²) in [5, 5.41) is 3.36. The zero-order valence-electron chi connectivity index (χ0n) is 17.5. The van der Waals surface area contributed by atoms with E-state index in [1.54, 1.807) is 0 Å². The Hall–Kier alpha value is -2.62. The number of carbonyl (C=O) groups excluding carboxylic acids is 2. The van der Waals surface area contributed by atoms with E-state index >= 15 is 0 Å². The number of nitrogens with one attached hydrogen (secondary N) is 1. The minimum atomic E-state index is -0.427. The molecule has 1 unspecified atom stereocenters. The Morgan fingerprint density at radius 3 is 2.33 bits per heavy atom. The highest BCUT2D eigenvalue weighted by Gasteiger charge is 2.55. The molecule has 1 spiro atoms. The van der Waals surface area contributed by atoms with Crippen LogP contribution in [0.25, 0.3) is 0 Å². The Kier molecular flexibility index (Phi) is 5.10. The molecule has 2 amide bonds. The standard InChI is InChI=1S/C26H30N2O2/c29-24(27-20-12-4-5-13-20)23-21-14-6-7-15-22(21)25(30)28(26(23)16-8-9-17-26)18-19-10-2-1-3-11-19/h1-3,6-7,10-11,14-15,20,23H,4-5,8-9,12-13,16-18H2,(H,27,29). The van der Waals surface area contributed by atoms with Gasteiger partial charge in [0, 0.05) is 18.2 Å². The maximum atomic E-state index is 13.7. The summed E-state index contributed by atoms with van der Waals surface area (Å²) in [5.74, 6) is -0.110. The lowest BCUT2D eigenvalue weighted by molar-refractivity contribution is -0.127. The first-order valence-electron chi connectivity index (χ1n) is 11.4. The average molecular weight is 403 g/mol. The van der Waals surface area contributed by atoms with Crippen molar-refractivity contribution in [3.63, 3.8) is 0 Å². The highest BCUT2D eigenvalue weighted by molar-refractivity contribution is 6.02. The fourth-order valence-corrected chi connectivity index (χ4v) is 6.02. The van der Waals surface area contributed by atoms with Gasteiger partial charge in [0.05, 0.1) is 11.5 Å². The fourth-order valence-electron chi connectivity index (χ4n) is 6.02. The predicted molar refractivity (Wildman–Crippen MR) is 117 cm³/mol. The van der Waals surface area contributed by atoms with Gasteiger partial charge in [-0.3, -0.25) is 9.59 Å². The molecule has 0 aromatic heterocycles. The van der Waals surface area contributed by atoms with E-state index in [0.29, 0.717) is 12.1 Å². The molecule has 3 aliphatic rings. The molecule has 1 aliphatic heterocycles. The Morgan fingerprint density at radius 2 is 1.60 bits per heavy atom. The minimum absolute atomic E-state index is 0.0706. The zero-order valence-corrected chi connectivity index (χ0v) is 17.5. The number of benzene rings is 2. The normalized spacial score (nSPS) is 23.0. The Balaban J connectivity index is 1.58. The summed E-state index contributed by atoms with van der Waals surface area (Å²) in [6.45, 7) is 0.557. The van der Waals surface area contributed by atoms with Crippen LogP contribution in [0, 0.1) is 0 Å². The number of hydrogen-bond acceptors (Lipinski definition) is 2. The van der Waals surface area contributed by atoms with Crippen molar-refractivity contribution in [2.24, 2.45) is 0 Å². The van der Waals surface area contributed by atoms with Crippen LogP contribution in [0.2, 0.25) is 0 Å². The van der Waals surface area contributed by atoms with Gasteiger partial charge in [-0.2, -0.15) is 0 Å². The molecule has 2 aromatic rings. The van der Waals surface area contributed by atoms with Crippen molar-refractivity contribution in [2.75, 3.05) is 0 Å². The molecule has 0 bridgehead atoms. The third-order valence-corrected chi connectivity index (χ3v) is 7.44. The van der Waals surface area contributed by atoms with Gasteiger partial charge >= 0.3 is 0 Å². The van der Waals surface area contributed by atoms with Crippen molar-refractivity contribution >= 4 is 11.8 Å². The molecule has 2 fully saturated rings. The zero-order chi connectivity index (χ0) is 20.6. The summed E-state index contributed by atoms with van der Waals surface area (Å²) >= 11 is 0. The van der Waals surface area contributed by atoms with Gasteiger partial charge < -0.3 is 10.2 Å². The van der Waals surface area contributed by atoms with E-state index in [1.165, 1.54) is 12.8 Å². The number of amides is 2. The van der Waals surface area contributed by atoms with Gasteiger partial charge in [0.15, 0.2) is 0 Å². The second-order valence-electron chi connectivity index (χ2n) is 9.20. The fraction of sp³-hybridized carbons (Fsp3) is 0.462. The van der Waals surface area contributed by atoms with Gasteiger partial charge in [-0.25, -0.2) is 0 Å². The smallest absolute Gasteiger partial charge is 0.254 e. The summed E-state index contributed by atoms with van der Waals surface area (Å²) < 4.78 is 0. The van der Waals surface area contributed by atoms with Crippen LogP contribution in [-0.2, 0) is 11.3 Å². The van der Waals surface area contributed by atoms with Gasteiger partial charge in [-0.15, -0.1) is 0 Å². The number of rotatable bonds is 4. The van der Waals surface area contributed by atoms with Gasteiger partial charge in [0.2, 0.25) is 5.91 Å². The molecule has 156 valence electrons. The van der Waals surface area contributed by atoms with Gasteiger partial charge in [-0.05, 0) is 42.9 Å². The summed E-state index contributed by atoms with van der Waals surface area (Å²) in [5.41, 5.74) is 2.30. The molecule has 30 heavy (non-hydrogen) atoms. The number of nitrogens with zero attached hydrogens (tertiary/aromatic N) is 1. The van der Waals surface area contributed by atoms with Gasteiger partial charge in [0.25, 0.3) is 5.91 Å². The maximum absolute atomic E-state index is 13.7. The van der Waals surface area contributed by atoms with E-state index in [-0.39, 0.29) is 23.8 Å². The molecule has 2 aromatic carbocycles. The van der Waals surface area contributed by atoms with Crippen molar-refractivity contribution < 1.29 is 9.59 Å². The molecule has 1 atom stereocenters. The highest BCUT2D eigenvalue weighted by atomic mass is 16.2. The predicted octanol–water partition coefficient (Wildman–Crippen LogP) is 4.80. The Morgan fingerprint density at radius 1 is 0.933 bits per heavy atom. The second-order valence-corrected chi connectivity index (χ2v) is 9.20. The summed E-state index contributed by atoms with van der Waals surface area (Å²) in [7, 11) is 0. The van der Waals surface area contributed by atoms with Crippen molar-refractivity contribution in [1.82, 2.24) is 10.2 Å². The minimum Gasteiger partial charge on any atom is -0.353 e. The molecule has 2 aliphatic carbocycles. The van der Waals surface area contributed by atoms with E-state index in [4.69, 9.17) is 0 Å². The first-order valence-corrected chi connectivity index (χ1v) is 11.4. The maximum Gasteiger partial charge on any atom is 0.254 e. The van der Waals surface area contributed by atoms with E-state index in [1.807, 2.05) is 47.4 Å². The van der Waals surface area contributed by atoms with E-state index in [2.05, 4.69) is 17.4 Å². The third kappa shape index (κ3) is 3.23. The molecule has 0 saturated heterocycles. The van der Waals surface area contributed by atoms with Crippen LogP contribution in [0.3, 0.4) is 0 Å². The van der Waals surface area contributed by atoms with Gasteiger partial charge in [0.1, 0.15) is 0 Å². The molecule has 5 rings (SSSR count). The van der Waals surface area contributed by atoms with Crippen LogP contribution in [0.1, 0.15) is 78.8 Å². The van der Waals surface area contributed by atoms with Crippen LogP contribution in [0.15, 0.2) is 54.6 Å². The molecular formula is C26H30N2O2. The lowest BCUT2D eigenvalue weighted by Crippen LogP contribution is -2.60.